The van der Waals surface area contributed by atoms with Crippen LogP contribution in [0, 0.1) is 30.6 Å². The molecule has 0 saturated heterocycles. The van der Waals surface area contributed by atoms with Crippen LogP contribution in [0.25, 0.3) is 0 Å². The van der Waals surface area contributed by atoms with Gasteiger partial charge in [-0.25, -0.2) is 8.42 Å². The molecule has 0 aliphatic heterocycles. The Morgan fingerprint density at radius 3 is 2.68 bits per heavy atom. The molecule has 0 aliphatic carbocycles. The Hall–Kier alpha value is -1.82. The summed E-state index contributed by atoms with van der Waals surface area (Å²) >= 11 is 0. The van der Waals surface area contributed by atoms with Gasteiger partial charge in [0.25, 0.3) is 0 Å². The first-order chi connectivity index (χ1) is 8.94. The average Bonchev–Trinajstić information content (AvgIpc) is 2.38. The molecule has 0 heterocycles. The number of hydrogen-bond donors (Lipinski definition) is 1. The van der Waals surface area contributed by atoms with Crippen LogP contribution in [0.2, 0.25) is 0 Å². The highest BCUT2D eigenvalue weighted by atomic mass is 32.2. The fraction of sp³-hybridized carbons (Fsp3) is 0.357. The minimum absolute atomic E-state index is 0.0999. The predicted molar refractivity (Wildman–Crippen MR) is 73.7 cm³/mol. The summed E-state index contributed by atoms with van der Waals surface area (Å²) in [5, 5.41) is 8.83. The first-order valence-corrected chi connectivity index (χ1v) is 7.42. The lowest BCUT2D eigenvalue weighted by molar-refractivity contribution is 0.563. The van der Waals surface area contributed by atoms with Crippen LogP contribution in [0.3, 0.4) is 0 Å². The first kappa shape index (κ1) is 15.2. The van der Waals surface area contributed by atoms with E-state index < -0.39 is 16.1 Å². The molecule has 0 amide bonds. The minimum atomic E-state index is -3.70. The maximum Gasteiger partial charge on any atom is 0.241 e. The zero-order valence-electron chi connectivity index (χ0n) is 11.0. The number of rotatable bonds is 5. The SMILES string of the molecule is C#CC(CCC)NS(=O)(=O)c1cc(C#N)ccc1C. The van der Waals surface area contributed by atoms with E-state index in [0.717, 1.165) is 6.42 Å². The van der Waals surface area contributed by atoms with Gasteiger partial charge in [-0.3, -0.25) is 0 Å². The molecular formula is C14H16N2O2S. The summed E-state index contributed by atoms with van der Waals surface area (Å²) in [6.45, 7) is 3.61. The molecule has 0 bridgehead atoms. The summed E-state index contributed by atoms with van der Waals surface area (Å²) in [5.74, 6) is 2.42. The van der Waals surface area contributed by atoms with Crippen molar-refractivity contribution in [3.63, 3.8) is 0 Å². The molecular weight excluding hydrogens is 260 g/mol. The molecule has 0 aromatic heterocycles. The summed E-state index contributed by atoms with van der Waals surface area (Å²) in [6, 6.07) is 5.95. The number of nitrogens with zero attached hydrogens (tertiary/aromatic N) is 1. The molecule has 1 atom stereocenters. The summed E-state index contributed by atoms with van der Waals surface area (Å²) in [5.41, 5.74) is 0.887. The lowest BCUT2D eigenvalue weighted by atomic mass is 10.2. The van der Waals surface area contributed by atoms with E-state index in [4.69, 9.17) is 11.7 Å². The number of sulfonamides is 1. The standard InChI is InChI=1S/C14H16N2O2S/c1-4-6-13(5-2)16-19(17,18)14-9-12(10-15)8-7-11(14)3/h2,7-9,13,16H,4,6H2,1,3H3. The van der Waals surface area contributed by atoms with E-state index in [1.807, 2.05) is 13.0 Å². The second-order valence-electron chi connectivity index (χ2n) is 4.22. The second-order valence-corrected chi connectivity index (χ2v) is 5.90. The van der Waals surface area contributed by atoms with Crippen molar-refractivity contribution in [3.05, 3.63) is 29.3 Å². The maximum absolute atomic E-state index is 12.2. The van der Waals surface area contributed by atoms with Gasteiger partial charge < -0.3 is 0 Å². The molecule has 1 aromatic rings. The molecule has 1 rings (SSSR count). The van der Waals surface area contributed by atoms with Crippen molar-refractivity contribution in [2.75, 3.05) is 0 Å². The van der Waals surface area contributed by atoms with Gasteiger partial charge in [-0.15, -0.1) is 6.42 Å². The molecule has 0 aliphatic rings. The number of hydrogen-bond acceptors (Lipinski definition) is 3. The van der Waals surface area contributed by atoms with Crippen LogP contribution in [0.5, 0.6) is 0 Å². The number of aryl methyl sites for hydroxylation is 1. The molecule has 5 heteroatoms. The van der Waals surface area contributed by atoms with Crippen LogP contribution in [0.15, 0.2) is 23.1 Å². The van der Waals surface area contributed by atoms with Crippen LogP contribution in [-0.2, 0) is 10.0 Å². The third kappa shape index (κ3) is 3.82. The highest BCUT2D eigenvalue weighted by molar-refractivity contribution is 7.89. The summed E-state index contributed by atoms with van der Waals surface area (Å²) in [6.07, 6.45) is 6.67. The lowest BCUT2D eigenvalue weighted by Crippen LogP contribution is -2.34. The van der Waals surface area contributed by atoms with Gasteiger partial charge in [-0.1, -0.05) is 25.3 Å². The molecule has 1 aromatic carbocycles. The first-order valence-electron chi connectivity index (χ1n) is 5.93. The van der Waals surface area contributed by atoms with E-state index in [1.165, 1.54) is 6.07 Å². The quantitative estimate of drug-likeness (QED) is 0.836. The van der Waals surface area contributed by atoms with Crippen LogP contribution in [-0.4, -0.2) is 14.5 Å². The van der Waals surface area contributed by atoms with Crippen LogP contribution < -0.4 is 4.72 Å². The van der Waals surface area contributed by atoms with Gasteiger partial charge in [0.15, 0.2) is 0 Å². The largest absolute Gasteiger partial charge is 0.241 e. The molecule has 1 N–H and O–H groups in total. The summed E-state index contributed by atoms with van der Waals surface area (Å²) in [4.78, 5) is 0.0999. The molecule has 0 fully saturated rings. The van der Waals surface area contributed by atoms with Crippen molar-refractivity contribution in [2.45, 2.75) is 37.6 Å². The topological polar surface area (TPSA) is 70.0 Å². The van der Waals surface area contributed by atoms with Crippen molar-refractivity contribution in [1.29, 1.82) is 5.26 Å². The van der Waals surface area contributed by atoms with Gasteiger partial charge in [0.05, 0.1) is 22.6 Å². The number of benzene rings is 1. The Morgan fingerprint density at radius 2 is 2.16 bits per heavy atom. The molecule has 0 radical (unpaired) electrons. The molecule has 1 unspecified atom stereocenters. The Kier molecular flexibility index (Phi) is 5.11. The Labute approximate surface area is 114 Å². The lowest BCUT2D eigenvalue weighted by Gasteiger charge is -2.14. The molecule has 100 valence electrons. The summed E-state index contributed by atoms with van der Waals surface area (Å²) in [7, 11) is -3.70. The minimum Gasteiger partial charge on any atom is -0.207 e. The number of nitriles is 1. The maximum atomic E-state index is 12.2. The van der Waals surface area contributed by atoms with Gasteiger partial charge in [0, 0.05) is 0 Å². The van der Waals surface area contributed by atoms with E-state index in [2.05, 4.69) is 10.6 Å². The van der Waals surface area contributed by atoms with Crippen molar-refractivity contribution in [2.24, 2.45) is 0 Å². The van der Waals surface area contributed by atoms with Gasteiger partial charge in [0.1, 0.15) is 0 Å². The van der Waals surface area contributed by atoms with Crippen LogP contribution >= 0.6 is 0 Å². The van der Waals surface area contributed by atoms with Crippen LogP contribution in [0.1, 0.15) is 30.9 Å². The Morgan fingerprint density at radius 1 is 1.47 bits per heavy atom. The molecule has 0 spiro atoms. The monoisotopic (exact) mass is 276 g/mol. The number of terminal acetylenes is 1. The fourth-order valence-corrected chi connectivity index (χ4v) is 3.14. The zero-order valence-corrected chi connectivity index (χ0v) is 11.8. The zero-order chi connectivity index (χ0) is 14.5. The molecule has 0 saturated carbocycles. The van der Waals surface area contributed by atoms with Gasteiger partial charge in [-0.2, -0.15) is 9.98 Å². The van der Waals surface area contributed by atoms with Gasteiger partial charge in [-0.05, 0) is 31.0 Å². The van der Waals surface area contributed by atoms with Crippen LogP contribution in [0.4, 0.5) is 0 Å². The van der Waals surface area contributed by atoms with Crippen molar-refractivity contribution in [1.82, 2.24) is 4.72 Å². The van der Waals surface area contributed by atoms with E-state index >= 15 is 0 Å². The van der Waals surface area contributed by atoms with Gasteiger partial charge in [0.2, 0.25) is 10.0 Å². The smallest absolute Gasteiger partial charge is 0.207 e. The highest BCUT2D eigenvalue weighted by Crippen LogP contribution is 2.17. The van der Waals surface area contributed by atoms with E-state index in [9.17, 15) is 8.42 Å². The number of nitrogens with one attached hydrogen (secondary N) is 1. The third-order valence-electron chi connectivity index (χ3n) is 2.68. The normalized spacial score (nSPS) is 12.4. The van der Waals surface area contributed by atoms with Gasteiger partial charge >= 0.3 is 0 Å². The molecule has 4 nitrogen and oxygen atoms in total. The molecule has 19 heavy (non-hydrogen) atoms. The van der Waals surface area contributed by atoms with Crippen molar-refractivity contribution >= 4 is 10.0 Å². The second kappa shape index (κ2) is 6.38. The fourth-order valence-electron chi connectivity index (χ4n) is 1.67. The third-order valence-corrected chi connectivity index (χ3v) is 4.30. The predicted octanol–water partition coefficient (Wildman–Crippen LogP) is 1.95. The Balaban J connectivity index is 3.14. The van der Waals surface area contributed by atoms with E-state index in [-0.39, 0.29) is 4.90 Å². The average molecular weight is 276 g/mol. The van der Waals surface area contributed by atoms with Crippen molar-refractivity contribution < 1.29 is 8.42 Å². The summed E-state index contributed by atoms with van der Waals surface area (Å²) < 4.78 is 27.0. The van der Waals surface area contributed by atoms with Crippen molar-refractivity contribution in [3.8, 4) is 18.4 Å². The van der Waals surface area contributed by atoms with E-state index in [0.29, 0.717) is 17.5 Å². The Bertz CT molecular complexity index is 636. The highest BCUT2D eigenvalue weighted by Gasteiger charge is 2.20. The van der Waals surface area contributed by atoms with E-state index in [1.54, 1.807) is 19.1 Å².